The number of hydrogen-bond acceptors (Lipinski definition) is 7. The normalized spacial score (nSPS) is 11.5. The Hall–Kier alpha value is -3.14. The van der Waals surface area contributed by atoms with Gasteiger partial charge in [0.05, 0.1) is 32.6 Å². The van der Waals surface area contributed by atoms with Gasteiger partial charge in [0.1, 0.15) is 27.8 Å². The molecule has 156 valence electrons. The molecule has 1 amide bonds. The summed E-state index contributed by atoms with van der Waals surface area (Å²) in [4.78, 5) is 13.9. The van der Waals surface area contributed by atoms with Gasteiger partial charge in [-0.1, -0.05) is 0 Å². The molecule has 0 aliphatic heterocycles. The maximum atomic E-state index is 12.0. The van der Waals surface area contributed by atoms with Crippen molar-refractivity contribution in [2.75, 3.05) is 26.2 Å². The molecule has 1 aromatic carbocycles. The molecule has 10 heteroatoms. The quantitative estimate of drug-likeness (QED) is 0.639. The molecular weight excluding hydrogens is 398 g/mol. The second-order valence-electron chi connectivity index (χ2n) is 7.21. The van der Waals surface area contributed by atoms with Crippen molar-refractivity contribution in [1.29, 1.82) is 0 Å². The molecule has 0 fully saturated rings. The highest BCUT2D eigenvalue weighted by atomic mass is 32.1. The number of aromatic hydroxyl groups is 1. The molecular formula is C19H23N3O6S. The third-order valence-electron chi connectivity index (χ3n) is 4.32. The molecule has 2 aromatic heterocycles. The Morgan fingerprint density at radius 1 is 1.14 bits per heavy atom. The Kier molecular flexibility index (Phi) is 5.22. The van der Waals surface area contributed by atoms with Crippen molar-refractivity contribution in [3.8, 4) is 34.4 Å². The molecule has 0 saturated heterocycles. The molecule has 3 rings (SSSR count). The number of carbonyl (C=O) groups is 1. The first-order chi connectivity index (χ1) is 13.6. The Labute approximate surface area is 171 Å². The number of fused-ring (bicyclic) bond motifs is 1. The van der Waals surface area contributed by atoms with E-state index in [1.54, 1.807) is 25.3 Å². The Morgan fingerprint density at radius 2 is 1.72 bits per heavy atom. The third-order valence-corrected chi connectivity index (χ3v) is 5.26. The molecule has 0 bridgehead atoms. The van der Waals surface area contributed by atoms with E-state index in [0.717, 1.165) is 0 Å². The molecule has 3 aromatic rings. The first kappa shape index (κ1) is 20.6. The van der Waals surface area contributed by atoms with Crippen molar-refractivity contribution in [1.82, 2.24) is 9.61 Å². The van der Waals surface area contributed by atoms with Crippen LogP contribution >= 0.6 is 11.3 Å². The zero-order valence-electron chi connectivity index (χ0n) is 17.0. The number of thiazole rings is 1. The number of hydrogen-bond donors (Lipinski definition) is 2. The third kappa shape index (κ3) is 3.39. The molecule has 0 unspecified atom stereocenters. The fraction of sp³-hybridized carbons (Fsp3) is 0.368. The van der Waals surface area contributed by atoms with E-state index in [-0.39, 0.29) is 11.6 Å². The standard InChI is InChI=1S/C19H23N3O6S/c1-19(2,3)21(18(24)25)15-16(28-6)20-22-11(9-29-17(15)22)14-12(26-4)7-10(23)8-13(14)27-5/h7-9,23H,1-6H3,(H,24,25). The topological polar surface area (TPSA) is 106 Å². The van der Waals surface area contributed by atoms with Crippen LogP contribution in [0.5, 0.6) is 23.1 Å². The largest absolute Gasteiger partial charge is 0.508 e. The molecule has 0 atom stereocenters. The first-order valence-corrected chi connectivity index (χ1v) is 9.54. The number of rotatable bonds is 5. The lowest BCUT2D eigenvalue weighted by atomic mass is 10.1. The minimum absolute atomic E-state index is 0.00237. The summed E-state index contributed by atoms with van der Waals surface area (Å²) in [5, 5.41) is 26.1. The summed E-state index contributed by atoms with van der Waals surface area (Å²) < 4.78 is 17.9. The summed E-state index contributed by atoms with van der Waals surface area (Å²) in [5.74, 6) is 0.969. The molecule has 0 aliphatic carbocycles. The van der Waals surface area contributed by atoms with Crippen molar-refractivity contribution in [3.63, 3.8) is 0 Å². The number of benzene rings is 1. The van der Waals surface area contributed by atoms with Gasteiger partial charge in [-0.2, -0.15) is 0 Å². The van der Waals surface area contributed by atoms with Gasteiger partial charge >= 0.3 is 6.09 Å². The molecule has 2 heterocycles. The maximum absolute atomic E-state index is 12.0. The molecule has 9 nitrogen and oxygen atoms in total. The van der Waals surface area contributed by atoms with Gasteiger partial charge in [0.2, 0.25) is 0 Å². The van der Waals surface area contributed by atoms with Gasteiger partial charge in [-0.3, -0.25) is 4.90 Å². The van der Waals surface area contributed by atoms with Gasteiger partial charge in [-0.05, 0) is 20.8 Å². The van der Waals surface area contributed by atoms with E-state index < -0.39 is 11.6 Å². The lowest BCUT2D eigenvalue weighted by Gasteiger charge is -2.32. The summed E-state index contributed by atoms with van der Waals surface area (Å²) in [6.07, 6.45) is -1.11. The van der Waals surface area contributed by atoms with Crippen molar-refractivity contribution in [2.24, 2.45) is 0 Å². The lowest BCUT2D eigenvalue weighted by Crippen LogP contribution is -2.45. The van der Waals surface area contributed by atoms with Gasteiger partial charge in [-0.25, -0.2) is 9.31 Å². The fourth-order valence-electron chi connectivity index (χ4n) is 3.17. The van der Waals surface area contributed by atoms with Gasteiger partial charge in [0, 0.05) is 23.1 Å². The first-order valence-electron chi connectivity index (χ1n) is 8.66. The highest BCUT2D eigenvalue weighted by molar-refractivity contribution is 7.16. The van der Waals surface area contributed by atoms with E-state index in [9.17, 15) is 15.0 Å². The summed E-state index contributed by atoms with van der Waals surface area (Å²) in [6, 6.07) is 2.95. The van der Waals surface area contributed by atoms with Gasteiger partial charge in [0.25, 0.3) is 5.88 Å². The maximum Gasteiger partial charge on any atom is 0.412 e. The lowest BCUT2D eigenvalue weighted by molar-refractivity contribution is 0.195. The second kappa shape index (κ2) is 7.36. The highest BCUT2D eigenvalue weighted by Crippen LogP contribution is 2.46. The molecule has 29 heavy (non-hydrogen) atoms. The average Bonchev–Trinajstić information content (AvgIpc) is 3.19. The van der Waals surface area contributed by atoms with E-state index in [0.29, 0.717) is 33.3 Å². The summed E-state index contributed by atoms with van der Waals surface area (Å²) in [5.41, 5.74) is 0.831. The molecule has 2 N–H and O–H groups in total. The predicted octanol–water partition coefficient (Wildman–Crippen LogP) is 4.08. The number of nitrogens with zero attached hydrogens (tertiary/aromatic N) is 3. The van der Waals surface area contributed by atoms with Crippen molar-refractivity contribution < 1.29 is 29.2 Å². The molecule has 0 radical (unpaired) electrons. The minimum Gasteiger partial charge on any atom is -0.508 e. The number of phenols is 1. The smallest absolute Gasteiger partial charge is 0.412 e. The van der Waals surface area contributed by atoms with Gasteiger partial charge in [0.15, 0.2) is 0 Å². The van der Waals surface area contributed by atoms with E-state index in [4.69, 9.17) is 14.2 Å². The Morgan fingerprint density at radius 3 is 2.17 bits per heavy atom. The van der Waals surface area contributed by atoms with E-state index in [1.807, 2.05) is 5.38 Å². The summed E-state index contributed by atoms with van der Waals surface area (Å²) in [6.45, 7) is 5.39. The van der Waals surface area contributed by atoms with E-state index in [1.165, 1.54) is 49.7 Å². The van der Waals surface area contributed by atoms with Crippen molar-refractivity contribution in [2.45, 2.75) is 26.3 Å². The number of carboxylic acid groups (broad SMARTS) is 1. The SMILES string of the molecule is COc1cc(O)cc(OC)c1-c1csc2c(N(C(=O)O)C(C)(C)C)c(OC)nn12. The predicted molar refractivity (Wildman–Crippen MR) is 110 cm³/mol. The molecule has 0 spiro atoms. The number of amides is 1. The average molecular weight is 421 g/mol. The second-order valence-corrected chi connectivity index (χ2v) is 8.07. The fourth-order valence-corrected chi connectivity index (χ4v) is 4.14. The van der Waals surface area contributed by atoms with Gasteiger partial charge in [-0.15, -0.1) is 16.4 Å². The van der Waals surface area contributed by atoms with Crippen LogP contribution in [0.1, 0.15) is 20.8 Å². The number of aromatic nitrogens is 2. The van der Waals surface area contributed by atoms with Crippen LogP contribution in [0.2, 0.25) is 0 Å². The van der Waals surface area contributed by atoms with Crippen molar-refractivity contribution in [3.05, 3.63) is 17.5 Å². The van der Waals surface area contributed by atoms with E-state index >= 15 is 0 Å². The van der Waals surface area contributed by atoms with Crippen LogP contribution in [-0.2, 0) is 0 Å². The van der Waals surface area contributed by atoms with E-state index in [2.05, 4.69) is 5.10 Å². The Balaban J connectivity index is 2.34. The zero-order valence-corrected chi connectivity index (χ0v) is 17.8. The van der Waals surface area contributed by atoms with Crippen LogP contribution in [0.15, 0.2) is 17.5 Å². The van der Waals surface area contributed by atoms with Crippen LogP contribution in [0.25, 0.3) is 16.1 Å². The Bertz CT molecular complexity index is 1040. The van der Waals surface area contributed by atoms with Gasteiger partial charge < -0.3 is 24.4 Å². The minimum atomic E-state index is -1.11. The number of anilines is 1. The molecule has 0 aliphatic rings. The number of phenolic OH excluding ortho intramolecular Hbond substituents is 1. The van der Waals surface area contributed by atoms with Crippen molar-refractivity contribution >= 4 is 27.9 Å². The summed E-state index contributed by atoms with van der Waals surface area (Å²) >= 11 is 1.32. The number of ether oxygens (including phenoxy) is 3. The van der Waals surface area contributed by atoms with Crippen LogP contribution in [-0.4, -0.2) is 52.8 Å². The van der Waals surface area contributed by atoms with Crippen LogP contribution < -0.4 is 19.1 Å². The monoisotopic (exact) mass is 421 g/mol. The molecule has 0 saturated carbocycles. The van der Waals surface area contributed by atoms with Crippen LogP contribution in [0, 0.1) is 0 Å². The number of methoxy groups -OCH3 is 3. The van der Waals surface area contributed by atoms with Crippen LogP contribution in [0.3, 0.4) is 0 Å². The van der Waals surface area contributed by atoms with Crippen LogP contribution in [0.4, 0.5) is 10.5 Å². The zero-order chi connectivity index (χ0) is 21.5. The highest BCUT2D eigenvalue weighted by Gasteiger charge is 2.35. The summed E-state index contributed by atoms with van der Waals surface area (Å²) in [7, 11) is 4.42.